The van der Waals surface area contributed by atoms with Gasteiger partial charge in [0.05, 0.1) is 22.2 Å². The number of rotatable bonds is 6. The van der Waals surface area contributed by atoms with E-state index in [-0.39, 0.29) is 24.0 Å². The van der Waals surface area contributed by atoms with E-state index in [9.17, 15) is 9.59 Å². The number of nitrogens with zero attached hydrogens (tertiary/aromatic N) is 2. The second-order valence-electron chi connectivity index (χ2n) is 8.96. The van der Waals surface area contributed by atoms with E-state index in [1.54, 1.807) is 13.0 Å². The van der Waals surface area contributed by atoms with Gasteiger partial charge in [0.25, 0.3) is 6.01 Å². The fourth-order valence-corrected chi connectivity index (χ4v) is 4.79. The van der Waals surface area contributed by atoms with Gasteiger partial charge in [-0.05, 0) is 49.3 Å². The van der Waals surface area contributed by atoms with Gasteiger partial charge in [-0.25, -0.2) is 4.98 Å². The summed E-state index contributed by atoms with van der Waals surface area (Å²) in [6.45, 7) is 1.55. The zero-order chi connectivity index (χ0) is 23.8. The number of pyridine rings is 1. The van der Waals surface area contributed by atoms with Crippen LogP contribution in [0.2, 0.25) is 5.02 Å². The lowest BCUT2D eigenvalue weighted by atomic mass is 9.82. The molecule has 0 spiro atoms. The highest BCUT2D eigenvalue weighted by atomic mass is 35.5. The summed E-state index contributed by atoms with van der Waals surface area (Å²) in [5.74, 6) is -1.12. The fourth-order valence-electron chi connectivity index (χ4n) is 4.53. The van der Waals surface area contributed by atoms with Crippen molar-refractivity contribution in [3.8, 4) is 17.3 Å². The van der Waals surface area contributed by atoms with E-state index in [0.717, 1.165) is 30.4 Å². The van der Waals surface area contributed by atoms with Gasteiger partial charge in [0.2, 0.25) is 5.91 Å². The number of aromatic nitrogens is 3. The average Bonchev–Trinajstić information content (AvgIpc) is 3.16. The molecule has 1 amide bonds. The second-order valence-corrected chi connectivity index (χ2v) is 9.36. The number of H-pyrrole nitrogens is 1. The predicted molar refractivity (Wildman–Crippen MR) is 129 cm³/mol. The zero-order valence-electron chi connectivity index (χ0n) is 18.7. The maximum Gasteiger partial charge on any atom is 0.306 e. The maximum absolute atomic E-state index is 11.3. The Hall–Kier alpha value is -3.39. The third-order valence-corrected chi connectivity index (χ3v) is 6.76. The van der Waals surface area contributed by atoms with E-state index in [4.69, 9.17) is 21.4 Å². The smallest absolute Gasteiger partial charge is 0.306 e. The molecule has 1 fully saturated rings. The van der Waals surface area contributed by atoms with Crippen molar-refractivity contribution in [1.82, 2.24) is 20.3 Å². The van der Waals surface area contributed by atoms with Gasteiger partial charge in [0, 0.05) is 18.5 Å². The Kier molecular flexibility index (Phi) is 6.00. The van der Waals surface area contributed by atoms with Gasteiger partial charge < -0.3 is 20.1 Å². The Balaban J connectivity index is 1.30. The Bertz CT molecular complexity index is 1280. The van der Waals surface area contributed by atoms with Gasteiger partial charge in [-0.1, -0.05) is 41.9 Å². The topological polar surface area (TPSA) is 117 Å². The molecule has 1 atom stereocenters. The van der Waals surface area contributed by atoms with Crippen molar-refractivity contribution in [1.29, 1.82) is 0 Å². The minimum Gasteiger partial charge on any atom is -0.481 e. The van der Waals surface area contributed by atoms with Crippen molar-refractivity contribution in [2.24, 2.45) is 5.92 Å². The monoisotopic (exact) mass is 480 g/mol. The van der Waals surface area contributed by atoms with Crippen molar-refractivity contribution in [3.63, 3.8) is 0 Å². The molecular formula is C25H25ClN4O4. The molecule has 9 heteroatoms. The highest BCUT2D eigenvalue weighted by molar-refractivity contribution is 6.33. The molecule has 1 unspecified atom stereocenters. The van der Waals surface area contributed by atoms with E-state index in [0.29, 0.717) is 40.7 Å². The van der Waals surface area contributed by atoms with Crippen LogP contribution in [0.5, 0.6) is 6.01 Å². The number of benzene rings is 1. The molecule has 2 aliphatic rings. The minimum atomic E-state index is -0.789. The molecule has 2 aliphatic carbocycles. The molecule has 8 nitrogen and oxygen atoms in total. The molecular weight excluding hydrogens is 456 g/mol. The number of hydrogen-bond acceptors (Lipinski definition) is 5. The van der Waals surface area contributed by atoms with Gasteiger partial charge >= 0.3 is 5.97 Å². The molecule has 5 rings (SSSR count). The standard InChI is InChI=1S/C25H25ClN4O4/c1-13(31)27-18-8-6-15(7-9-18)14-2-4-16(5-3-14)22-20(26)12-21-23(29-22)30-25(28-21)34-19-10-17(11-19)24(32)33/h2-6,12,17-19H,7-11H2,1H3,(H,27,31)(H,32,33)(H,28,29,30)/t17-,18?,19+. The largest absolute Gasteiger partial charge is 0.481 e. The molecule has 0 saturated heterocycles. The number of halogens is 1. The third-order valence-electron chi connectivity index (χ3n) is 6.47. The molecule has 1 saturated carbocycles. The van der Waals surface area contributed by atoms with Crippen molar-refractivity contribution in [2.45, 2.75) is 51.2 Å². The average molecular weight is 481 g/mol. The molecule has 1 aromatic carbocycles. The van der Waals surface area contributed by atoms with E-state index in [2.05, 4.69) is 38.5 Å². The number of hydrogen-bond donors (Lipinski definition) is 3. The molecule has 3 aromatic rings. The van der Waals surface area contributed by atoms with Crippen LogP contribution in [0.25, 0.3) is 28.0 Å². The zero-order valence-corrected chi connectivity index (χ0v) is 19.4. The SMILES string of the molecule is CC(=O)NC1CC=C(c2ccc(-c3nc4nc(O[C@H]5C[C@@H](C(=O)O)C5)[nH]c4cc3Cl)cc2)CC1. The highest BCUT2D eigenvalue weighted by Gasteiger charge is 2.36. The molecule has 34 heavy (non-hydrogen) atoms. The van der Waals surface area contributed by atoms with Gasteiger partial charge in [0.1, 0.15) is 6.10 Å². The lowest BCUT2D eigenvalue weighted by Gasteiger charge is -2.31. The van der Waals surface area contributed by atoms with Crippen LogP contribution in [-0.2, 0) is 9.59 Å². The number of aliphatic carboxylic acids is 1. The Morgan fingerprint density at radius 3 is 2.56 bits per heavy atom. The molecule has 176 valence electrons. The number of ether oxygens (including phenoxy) is 1. The van der Waals surface area contributed by atoms with Crippen molar-refractivity contribution in [3.05, 3.63) is 47.0 Å². The van der Waals surface area contributed by atoms with Crippen LogP contribution in [0.1, 0.15) is 44.6 Å². The molecule has 2 heterocycles. The van der Waals surface area contributed by atoms with Crippen molar-refractivity contribution >= 4 is 40.2 Å². The number of fused-ring (bicyclic) bond motifs is 1. The summed E-state index contributed by atoms with van der Waals surface area (Å²) in [7, 11) is 0. The first-order valence-corrected chi connectivity index (χ1v) is 11.8. The summed E-state index contributed by atoms with van der Waals surface area (Å²) in [5, 5.41) is 12.5. The Labute approximate surface area is 201 Å². The number of nitrogens with one attached hydrogen (secondary N) is 2. The summed E-state index contributed by atoms with van der Waals surface area (Å²) in [6.07, 6.45) is 5.67. The first-order chi connectivity index (χ1) is 16.4. The second kappa shape index (κ2) is 9.10. The number of amides is 1. The van der Waals surface area contributed by atoms with Crippen LogP contribution in [-0.4, -0.2) is 44.1 Å². The lowest BCUT2D eigenvalue weighted by Crippen LogP contribution is -2.38. The molecule has 2 aromatic heterocycles. The molecule has 0 radical (unpaired) electrons. The predicted octanol–water partition coefficient (Wildman–Crippen LogP) is 4.59. The van der Waals surface area contributed by atoms with Gasteiger partial charge in [-0.3, -0.25) is 9.59 Å². The van der Waals surface area contributed by atoms with Gasteiger partial charge in [-0.15, -0.1) is 0 Å². The van der Waals surface area contributed by atoms with E-state index in [1.165, 1.54) is 5.57 Å². The van der Waals surface area contributed by atoms with Crippen molar-refractivity contribution < 1.29 is 19.4 Å². The van der Waals surface area contributed by atoms with Gasteiger partial charge in [0.15, 0.2) is 5.65 Å². The number of allylic oxidation sites excluding steroid dienone is 1. The normalized spacial score (nSPS) is 22.1. The Morgan fingerprint density at radius 2 is 1.91 bits per heavy atom. The van der Waals surface area contributed by atoms with E-state index < -0.39 is 5.97 Å². The number of aromatic amines is 1. The summed E-state index contributed by atoms with van der Waals surface area (Å²) in [5.41, 5.74) is 5.10. The summed E-state index contributed by atoms with van der Waals surface area (Å²) < 4.78 is 5.77. The molecule has 0 aliphatic heterocycles. The number of carbonyl (C=O) groups excluding carboxylic acids is 1. The number of imidazole rings is 1. The minimum absolute atomic E-state index is 0.0120. The fraction of sp³-hybridized carbons (Fsp3) is 0.360. The quantitative estimate of drug-likeness (QED) is 0.475. The van der Waals surface area contributed by atoms with Crippen LogP contribution >= 0.6 is 11.6 Å². The molecule has 3 N–H and O–H groups in total. The van der Waals surface area contributed by atoms with E-state index >= 15 is 0 Å². The first-order valence-electron chi connectivity index (χ1n) is 11.4. The van der Waals surface area contributed by atoms with Crippen LogP contribution in [0.3, 0.4) is 0 Å². The first kappa shape index (κ1) is 22.4. The van der Waals surface area contributed by atoms with Crippen LogP contribution in [0.4, 0.5) is 0 Å². The lowest BCUT2D eigenvalue weighted by molar-refractivity contribution is -0.148. The van der Waals surface area contributed by atoms with Crippen LogP contribution in [0, 0.1) is 5.92 Å². The molecule has 0 bridgehead atoms. The maximum atomic E-state index is 11.3. The van der Waals surface area contributed by atoms with Crippen molar-refractivity contribution in [2.75, 3.05) is 0 Å². The van der Waals surface area contributed by atoms with E-state index in [1.807, 2.05) is 12.1 Å². The highest BCUT2D eigenvalue weighted by Crippen LogP contribution is 2.34. The number of carboxylic acids is 1. The van der Waals surface area contributed by atoms with Gasteiger partial charge in [-0.2, -0.15) is 4.98 Å². The Morgan fingerprint density at radius 1 is 1.18 bits per heavy atom. The van der Waals surface area contributed by atoms with Crippen LogP contribution < -0.4 is 10.1 Å². The number of carbonyl (C=O) groups is 2. The summed E-state index contributed by atoms with van der Waals surface area (Å²) >= 11 is 6.53. The summed E-state index contributed by atoms with van der Waals surface area (Å²) in [6, 6.07) is 10.4. The third kappa shape index (κ3) is 4.63. The number of carboxylic acid groups (broad SMARTS) is 1. The summed E-state index contributed by atoms with van der Waals surface area (Å²) in [4.78, 5) is 34.3. The van der Waals surface area contributed by atoms with Crippen LogP contribution in [0.15, 0.2) is 36.4 Å².